The molecule has 13 heteroatoms. The van der Waals surface area contributed by atoms with E-state index in [1.807, 2.05) is 6.92 Å². The molecule has 6 atom stereocenters. The highest BCUT2D eigenvalue weighted by Gasteiger charge is 2.47. The number of ether oxygens (including phenoxy) is 4. The summed E-state index contributed by atoms with van der Waals surface area (Å²) >= 11 is 0. The largest absolute Gasteiger partial charge is 0.463 e. The quantitative estimate of drug-likeness (QED) is 0.155. The van der Waals surface area contributed by atoms with Gasteiger partial charge in [0, 0.05) is 45.4 Å². The highest BCUT2D eigenvalue weighted by Crippen LogP contribution is 2.46. The molecule has 0 spiro atoms. The number of amides is 1. The highest BCUT2D eigenvalue weighted by molar-refractivity contribution is 7.44. The summed E-state index contributed by atoms with van der Waals surface area (Å²) in [6.45, 7) is 15.1. The molecule has 3 unspecified atom stereocenters. The van der Waals surface area contributed by atoms with Crippen LogP contribution in [0, 0.1) is 17.2 Å². The fourth-order valence-electron chi connectivity index (χ4n) is 4.27. The number of nitriles is 1. The Bertz CT molecular complexity index is 798. The van der Waals surface area contributed by atoms with Gasteiger partial charge in [0.15, 0.2) is 6.29 Å². The normalized spacial score (nSPS) is 23.9. The van der Waals surface area contributed by atoms with E-state index in [2.05, 4.69) is 43.8 Å². The van der Waals surface area contributed by atoms with E-state index < -0.39 is 45.0 Å². The first-order chi connectivity index (χ1) is 18.4. The SMILES string of the molecule is CC(=O)NC1[C@H](OCCCCOP(OCCC#N)N(C(C)C)C(C)C)OC(COC(C)=O)[C@H](OC(C)=O)[C@@H]1C. The highest BCUT2D eigenvalue weighted by atomic mass is 31.2. The summed E-state index contributed by atoms with van der Waals surface area (Å²) in [7, 11) is -1.31. The zero-order chi connectivity index (χ0) is 29.5. The first-order valence-electron chi connectivity index (χ1n) is 13.4. The van der Waals surface area contributed by atoms with Gasteiger partial charge in [-0.25, -0.2) is 4.67 Å². The number of carbonyl (C=O) groups excluding carboxylic acids is 3. The topological polar surface area (TPSA) is 146 Å². The number of unbranched alkanes of at least 4 members (excludes halogenated alkanes) is 1. The van der Waals surface area contributed by atoms with Crippen molar-refractivity contribution in [1.82, 2.24) is 9.99 Å². The lowest BCUT2D eigenvalue weighted by molar-refractivity contribution is -0.262. The Morgan fingerprint density at radius 3 is 2.15 bits per heavy atom. The Hall–Kier alpha value is -1.87. The van der Waals surface area contributed by atoms with Gasteiger partial charge in [0.2, 0.25) is 5.91 Å². The van der Waals surface area contributed by atoms with Crippen molar-refractivity contribution in [3.63, 3.8) is 0 Å². The summed E-state index contributed by atoms with van der Waals surface area (Å²) in [5.74, 6) is -1.64. The molecule has 0 aromatic heterocycles. The summed E-state index contributed by atoms with van der Waals surface area (Å²) in [5, 5.41) is 11.7. The van der Waals surface area contributed by atoms with Crippen LogP contribution in [-0.2, 0) is 42.4 Å². The summed E-state index contributed by atoms with van der Waals surface area (Å²) in [6.07, 6.45) is -0.693. The van der Waals surface area contributed by atoms with E-state index in [1.54, 1.807) is 0 Å². The van der Waals surface area contributed by atoms with E-state index in [0.717, 1.165) is 0 Å². The standard InChI is InChI=1S/C26H46N3O9P/c1-17(2)29(18(3)4)39(36-15-11-12-27)35-14-10-9-13-33-26-24(28-20(6)30)19(5)25(37-22(8)32)23(38-26)16-34-21(7)31/h17-19,23-26H,9-11,13-16H2,1-8H3,(H,28,30)/t19-,23?,24?,25-,26-,39?/m1/s1. The smallest absolute Gasteiger partial charge is 0.303 e. The van der Waals surface area contributed by atoms with Gasteiger partial charge >= 0.3 is 11.9 Å². The molecule has 0 saturated carbocycles. The lowest BCUT2D eigenvalue weighted by atomic mass is 9.88. The molecular formula is C26H46N3O9P. The third-order valence-electron chi connectivity index (χ3n) is 5.86. The minimum atomic E-state index is -1.31. The van der Waals surface area contributed by atoms with Gasteiger partial charge in [-0.2, -0.15) is 5.26 Å². The molecule has 1 aliphatic heterocycles. The van der Waals surface area contributed by atoms with Gasteiger partial charge in [0.1, 0.15) is 18.8 Å². The van der Waals surface area contributed by atoms with Gasteiger partial charge in [-0.1, -0.05) is 6.92 Å². The van der Waals surface area contributed by atoms with Crippen molar-refractivity contribution in [2.24, 2.45) is 5.92 Å². The fraction of sp³-hybridized carbons (Fsp3) is 0.846. The average Bonchev–Trinajstić information content (AvgIpc) is 2.82. The van der Waals surface area contributed by atoms with Crippen LogP contribution in [0.1, 0.15) is 74.7 Å². The minimum absolute atomic E-state index is 0.115. The van der Waals surface area contributed by atoms with Crippen LogP contribution in [0.25, 0.3) is 0 Å². The van der Waals surface area contributed by atoms with E-state index in [0.29, 0.717) is 39.1 Å². The Balaban J connectivity index is 2.76. The Kier molecular flexibility index (Phi) is 16.7. The van der Waals surface area contributed by atoms with Gasteiger partial charge in [-0.3, -0.25) is 14.4 Å². The van der Waals surface area contributed by atoms with Crippen LogP contribution in [-0.4, -0.2) is 85.6 Å². The van der Waals surface area contributed by atoms with Gasteiger partial charge in [0.25, 0.3) is 8.53 Å². The van der Waals surface area contributed by atoms with Crippen LogP contribution in [0.5, 0.6) is 0 Å². The zero-order valence-corrected chi connectivity index (χ0v) is 25.4. The number of hydrogen-bond donors (Lipinski definition) is 1. The van der Waals surface area contributed by atoms with Gasteiger partial charge in [-0.05, 0) is 40.5 Å². The lowest BCUT2D eigenvalue weighted by Gasteiger charge is -2.44. The molecule has 0 aromatic rings. The first kappa shape index (κ1) is 35.2. The molecule has 1 rings (SSSR count). The van der Waals surface area contributed by atoms with Crippen molar-refractivity contribution < 1.29 is 42.4 Å². The van der Waals surface area contributed by atoms with Crippen molar-refractivity contribution >= 4 is 26.4 Å². The van der Waals surface area contributed by atoms with Gasteiger partial charge in [0.05, 0.1) is 31.7 Å². The summed E-state index contributed by atoms with van der Waals surface area (Å²) < 4.78 is 36.8. The maximum absolute atomic E-state index is 11.9. The first-order valence-corrected chi connectivity index (χ1v) is 14.6. The fourth-order valence-corrected chi connectivity index (χ4v) is 5.90. The number of esters is 2. The van der Waals surface area contributed by atoms with Crippen LogP contribution in [0.15, 0.2) is 0 Å². The third-order valence-corrected chi connectivity index (χ3v) is 7.97. The van der Waals surface area contributed by atoms with E-state index in [1.165, 1.54) is 20.8 Å². The second kappa shape index (κ2) is 18.5. The van der Waals surface area contributed by atoms with Crippen molar-refractivity contribution in [3.05, 3.63) is 0 Å². The molecule has 1 amide bonds. The molecule has 0 aromatic carbocycles. The second-order valence-corrected chi connectivity index (χ2v) is 11.4. The molecule has 0 radical (unpaired) electrons. The Morgan fingerprint density at radius 1 is 1.00 bits per heavy atom. The summed E-state index contributed by atoms with van der Waals surface area (Å²) in [4.78, 5) is 35.0. The maximum Gasteiger partial charge on any atom is 0.303 e. The van der Waals surface area contributed by atoms with E-state index in [4.69, 9.17) is 33.3 Å². The zero-order valence-electron chi connectivity index (χ0n) is 24.5. The monoisotopic (exact) mass is 575 g/mol. The minimum Gasteiger partial charge on any atom is -0.463 e. The number of nitrogens with one attached hydrogen (secondary N) is 1. The third kappa shape index (κ3) is 12.9. The van der Waals surface area contributed by atoms with Crippen LogP contribution >= 0.6 is 8.53 Å². The van der Waals surface area contributed by atoms with E-state index in [9.17, 15) is 14.4 Å². The number of hydrogen-bond acceptors (Lipinski definition) is 11. The van der Waals surface area contributed by atoms with Crippen molar-refractivity contribution in [2.75, 3.05) is 26.4 Å². The van der Waals surface area contributed by atoms with Crippen molar-refractivity contribution in [1.29, 1.82) is 5.26 Å². The Morgan fingerprint density at radius 2 is 1.62 bits per heavy atom. The maximum atomic E-state index is 11.9. The van der Waals surface area contributed by atoms with Crippen LogP contribution in [0.3, 0.4) is 0 Å². The number of nitrogens with zero attached hydrogens (tertiary/aromatic N) is 2. The summed E-state index contributed by atoms with van der Waals surface area (Å²) in [5.41, 5.74) is 0. The van der Waals surface area contributed by atoms with E-state index >= 15 is 0 Å². The number of carbonyl (C=O) groups is 3. The van der Waals surface area contributed by atoms with Gasteiger partial charge in [-0.15, -0.1) is 0 Å². The Labute approximate surface area is 233 Å². The van der Waals surface area contributed by atoms with Crippen LogP contribution < -0.4 is 5.32 Å². The summed E-state index contributed by atoms with van der Waals surface area (Å²) in [6, 6.07) is 1.94. The molecule has 1 aliphatic rings. The molecule has 0 aliphatic carbocycles. The molecular weight excluding hydrogens is 529 g/mol. The molecule has 1 N–H and O–H groups in total. The molecule has 39 heavy (non-hydrogen) atoms. The van der Waals surface area contributed by atoms with Crippen molar-refractivity contribution in [3.8, 4) is 6.07 Å². The second-order valence-electron chi connectivity index (χ2n) is 9.96. The van der Waals surface area contributed by atoms with Crippen molar-refractivity contribution in [2.45, 2.75) is 111 Å². The van der Waals surface area contributed by atoms with E-state index in [-0.39, 0.29) is 30.5 Å². The average molecular weight is 576 g/mol. The molecule has 1 fully saturated rings. The van der Waals surface area contributed by atoms with Crippen LogP contribution in [0.4, 0.5) is 0 Å². The molecule has 1 heterocycles. The predicted octanol–water partition coefficient (Wildman–Crippen LogP) is 3.44. The van der Waals surface area contributed by atoms with Gasteiger partial charge < -0.3 is 33.3 Å². The molecule has 12 nitrogen and oxygen atoms in total. The lowest BCUT2D eigenvalue weighted by Crippen LogP contribution is -2.62. The molecule has 224 valence electrons. The molecule has 0 bridgehead atoms. The molecule has 1 saturated heterocycles. The van der Waals surface area contributed by atoms with Crippen LogP contribution in [0.2, 0.25) is 0 Å². The predicted molar refractivity (Wildman–Crippen MR) is 144 cm³/mol. The number of rotatable bonds is 17.